The maximum atomic E-state index is 11.8. The van der Waals surface area contributed by atoms with Gasteiger partial charge in [-0.3, -0.25) is 4.79 Å². The van der Waals surface area contributed by atoms with Crippen molar-refractivity contribution in [1.82, 2.24) is 5.32 Å². The van der Waals surface area contributed by atoms with Gasteiger partial charge in [-0.1, -0.05) is 17.7 Å². The molecule has 1 heterocycles. The van der Waals surface area contributed by atoms with Crippen LogP contribution >= 0.6 is 22.9 Å². The number of rotatable bonds is 6. The molecule has 0 bridgehead atoms. The van der Waals surface area contributed by atoms with Gasteiger partial charge in [0.25, 0.3) is 5.91 Å². The van der Waals surface area contributed by atoms with Crippen LogP contribution in [-0.2, 0) is 16.0 Å². The van der Waals surface area contributed by atoms with E-state index in [0.29, 0.717) is 11.6 Å². The van der Waals surface area contributed by atoms with Crippen molar-refractivity contribution < 1.29 is 14.3 Å². The molecular weight excluding hydrogens is 324 g/mol. The molecule has 7 heteroatoms. The summed E-state index contributed by atoms with van der Waals surface area (Å²) >= 11 is 7.43. The number of carbonyl (C=O) groups is 2. The largest absolute Gasteiger partial charge is 0.452 e. The highest BCUT2D eigenvalue weighted by molar-refractivity contribution is 7.09. The van der Waals surface area contributed by atoms with Crippen molar-refractivity contribution in [2.75, 3.05) is 18.9 Å². The topological polar surface area (TPSA) is 81.4 Å². The third-order valence-corrected chi connectivity index (χ3v) is 4.01. The van der Waals surface area contributed by atoms with Gasteiger partial charge in [-0.05, 0) is 36.1 Å². The Morgan fingerprint density at radius 2 is 2.14 bits per heavy atom. The first-order valence-electron chi connectivity index (χ1n) is 6.57. The molecule has 0 fully saturated rings. The van der Waals surface area contributed by atoms with Crippen LogP contribution in [0.25, 0.3) is 0 Å². The van der Waals surface area contributed by atoms with Crippen LogP contribution in [0, 0.1) is 0 Å². The van der Waals surface area contributed by atoms with Gasteiger partial charge in [-0.25, -0.2) is 4.79 Å². The van der Waals surface area contributed by atoms with Crippen LogP contribution in [0.1, 0.15) is 15.2 Å². The zero-order chi connectivity index (χ0) is 15.9. The second-order valence-corrected chi connectivity index (χ2v) is 5.96. The Kier molecular flexibility index (Phi) is 5.80. The van der Waals surface area contributed by atoms with Gasteiger partial charge in [0.05, 0.1) is 5.56 Å². The third-order valence-electron chi connectivity index (χ3n) is 2.84. The summed E-state index contributed by atoms with van der Waals surface area (Å²) in [5, 5.41) is 5.04. The van der Waals surface area contributed by atoms with Gasteiger partial charge in [0.15, 0.2) is 6.61 Å². The number of nitrogens with two attached hydrogens (primary N) is 1. The van der Waals surface area contributed by atoms with Crippen molar-refractivity contribution in [3.05, 3.63) is 51.2 Å². The van der Waals surface area contributed by atoms with Crippen LogP contribution in [-0.4, -0.2) is 25.0 Å². The summed E-state index contributed by atoms with van der Waals surface area (Å²) in [6.45, 7) is 0.144. The zero-order valence-corrected chi connectivity index (χ0v) is 13.2. The lowest BCUT2D eigenvalue weighted by atomic mass is 10.2. The van der Waals surface area contributed by atoms with Crippen molar-refractivity contribution in [2.24, 2.45) is 0 Å². The predicted octanol–water partition coefficient (Wildman–Crippen LogP) is 2.50. The van der Waals surface area contributed by atoms with Crippen molar-refractivity contribution in [3.63, 3.8) is 0 Å². The maximum Gasteiger partial charge on any atom is 0.340 e. The number of amides is 1. The Morgan fingerprint density at radius 3 is 2.86 bits per heavy atom. The lowest BCUT2D eigenvalue weighted by Gasteiger charge is -2.08. The minimum absolute atomic E-state index is 0.152. The highest BCUT2D eigenvalue weighted by Crippen LogP contribution is 2.18. The third kappa shape index (κ3) is 4.75. The molecule has 2 aromatic rings. The summed E-state index contributed by atoms with van der Waals surface area (Å²) < 4.78 is 4.93. The molecular formula is C15H15ClN2O3S. The molecule has 0 spiro atoms. The monoisotopic (exact) mass is 338 g/mol. The number of nitrogens with one attached hydrogen (secondary N) is 1. The van der Waals surface area contributed by atoms with Crippen molar-refractivity contribution in [1.29, 1.82) is 0 Å². The predicted molar refractivity (Wildman–Crippen MR) is 87.2 cm³/mol. The molecule has 0 aliphatic carbocycles. The summed E-state index contributed by atoms with van der Waals surface area (Å²) in [6, 6.07) is 8.46. The molecule has 2 rings (SSSR count). The second kappa shape index (κ2) is 7.82. The number of ether oxygens (including phenoxy) is 1. The average Bonchev–Trinajstić information content (AvgIpc) is 3.00. The molecule has 116 valence electrons. The first kappa shape index (κ1) is 16.3. The number of nitrogen functional groups attached to an aromatic ring is 1. The summed E-state index contributed by atoms with van der Waals surface area (Å²) in [5.74, 6) is -1.03. The molecule has 5 nitrogen and oxygen atoms in total. The quantitative estimate of drug-likeness (QED) is 0.626. The van der Waals surface area contributed by atoms with Crippen LogP contribution in [0.3, 0.4) is 0 Å². The fourth-order valence-electron chi connectivity index (χ4n) is 1.75. The molecule has 3 N–H and O–H groups in total. The number of anilines is 1. The standard InChI is InChI=1S/C15H15ClN2O3S/c16-10-3-4-13(17)12(8-10)15(20)21-9-14(19)18-6-5-11-2-1-7-22-11/h1-4,7-8H,5-6,9,17H2,(H,18,19). The van der Waals surface area contributed by atoms with Gasteiger partial charge in [0.2, 0.25) is 0 Å². The van der Waals surface area contributed by atoms with Gasteiger partial charge in [-0.15, -0.1) is 11.3 Å². The maximum absolute atomic E-state index is 11.8. The molecule has 1 aromatic heterocycles. The summed E-state index contributed by atoms with van der Waals surface area (Å²) in [4.78, 5) is 24.6. The number of carbonyl (C=O) groups excluding carboxylic acids is 2. The van der Waals surface area contributed by atoms with E-state index in [2.05, 4.69) is 5.32 Å². The van der Waals surface area contributed by atoms with Gasteiger partial charge in [0.1, 0.15) is 0 Å². The number of hydrogen-bond acceptors (Lipinski definition) is 5. The molecule has 0 atom stereocenters. The lowest BCUT2D eigenvalue weighted by molar-refractivity contribution is -0.124. The van der Waals surface area contributed by atoms with E-state index in [0.717, 1.165) is 6.42 Å². The summed E-state index contributed by atoms with van der Waals surface area (Å²) in [5.41, 5.74) is 6.08. The number of thiophene rings is 1. The molecule has 0 saturated carbocycles. The number of hydrogen-bond donors (Lipinski definition) is 2. The Labute approximate surface area is 137 Å². The Balaban J connectivity index is 1.75. The molecule has 0 aliphatic rings. The molecule has 0 aliphatic heterocycles. The molecule has 0 radical (unpaired) electrons. The van der Waals surface area contributed by atoms with Gasteiger partial charge in [-0.2, -0.15) is 0 Å². The van der Waals surface area contributed by atoms with Crippen molar-refractivity contribution >= 4 is 40.5 Å². The summed E-state index contributed by atoms with van der Waals surface area (Å²) in [6.07, 6.45) is 0.749. The second-order valence-electron chi connectivity index (χ2n) is 4.49. The van der Waals surface area contributed by atoms with E-state index < -0.39 is 5.97 Å². The first-order chi connectivity index (χ1) is 10.6. The average molecular weight is 339 g/mol. The normalized spacial score (nSPS) is 10.2. The zero-order valence-electron chi connectivity index (χ0n) is 11.7. The van der Waals surface area contributed by atoms with Gasteiger partial charge < -0.3 is 15.8 Å². The smallest absolute Gasteiger partial charge is 0.340 e. The van der Waals surface area contributed by atoms with Crippen LogP contribution in [0.4, 0.5) is 5.69 Å². The SMILES string of the molecule is Nc1ccc(Cl)cc1C(=O)OCC(=O)NCCc1cccs1. The van der Waals surface area contributed by atoms with Crippen LogP contribution < -0.4 is 11.1 Å². The van der Waals surface area contributed by atoms with E-state index in [4.69, 9.17) is 22.1 Å². The van der Waals surface area contributed by atoms with E-state index in [-0.39, 0.29) is 23.8 Å². The van der Waals surface area contributed by atoms with Crippen molar-refractivity contribution in [2.45, 2.75) is 6.42 Å². The van der Waals surface area contributed by atoms with Crippen LogP contribution in [0.5, 0.6) is 0 Å². The van der Waals surface area contributed by atoms with Gasteiger partial charge >= 0.3 is 5.97 Å². The first-order valence-corrected chi connectivity index (χ1v) is 7.83. The van der Waals surface area contributed by atoms with E-state index in [9.17, 15) is 9.59 Å². The molecule has 1 aromatic carbocycles. The fraction of sp³-hybridized carbons (Fsp3) is 0.200. The molecule has 22 heavy (non-hydrogen) atoms. The molecule has 1 amide bonds. The van der Waals surface area contributed by atoms with Gasteiger partial charge in [0, 0.05) is 22.1 Å². The number of halogens is 1. The van der Waals surface area contributed by atoms with Crippen molar-refractivity contribution in [3.8, 4) is 0 Å². The highest BCUT2D eigenvalue weighted by atomic mass is 35.5. The Bertz CT molecular complexity index is 659. The number of esters is 1. The van der Waals surface area contributed by atoms with E-state index in [1.807, 2.05) is 17.5 Å². The summed E-state index contributed by atoms with van der Waals surface area (Å²) in [7, 11) is 0. The minimum Gasteiger partial charge on any atom is -0.452 e. The van der Waals surface area contributed by atoms with E-state index in [1.165, 1.54) is 17.0 Å². The van der Waals surface area contributed by atoms with E-state index in [1.54, 1.807) is 17.4 Å². The highest BCUT2D eigenvalue weighted by Gasteiger charge is 2.13. The molecule has 0 unspecified atom stereocenters. The number of benzene rings is 1. The Hall–Kier alpha value is -2.05. The van der Waals surface area contributed by atoms with Crippen LogP contribution in [0.2, 0.25) is 5.02 Å². The molecule has 0 saturated heterocycles. The van der Waals surface area contributed by atoms with E-state index >= 15 is 0 Å². The lowest BCUT2D eigenvalue weighted by Crippen LogP contribution is -2.30. The van der Waals surface area contributed by atoms with Crippen LogP contribution in [0.15, 0.2) is 35.7 Å². The Morgan fingerprint density at radius 1 is 1.32 bits per heavy atom. The minimum atomic E-state index is -0.673. The fourth-order valence-corrected chi connectivity index (χ4v) is 2.63.